The summed E-state index contributed by atoms with van der Waals surface area (Å²) in [5, 5.41) is 11.0. The lowest BCUT2D eigenvalue weighted by Gasteiger charge is -2.25. The van der Waals surface area contributed by atoms with Crippen LogP contribution in [0.2, 0.25) is 0 Å². The molecule has 0 radical (unpaired) electrons. The van der Waals surface area contributed by atoms with E-state index in [1.807, 2.05) is 7.05 Å². The highest BCUT2D eigenvalue weighted by Crippen LogP contribution is 2.16. The number of ether oxygens (including phenoxy) is 1. The third-order valence-electron chi connectivity index (χ3n) is 4.85. The molecule has 0 spiro atoms. The highest BCUT2D eigenvalue weighted by atomic mass is 127. The Balaban J connectivity index is 0.00000338. The Kier molecular flexibility index (Phi) is 11.1. The maximum absolute atomic E-state index is 5.43. The van der Waals surface area contributed by atoms with E-state index in [1.165, 1.54) is 12.8 Å². The molecular formula is C18H34IN5O2. The molecule has 0 bridgehead atoms. The summed E-state index contributed by atoms with van der Waals surface area (Å²) in [6.07, 6.45) is 4.21. The molecule has 0 aromatic carbocycles. The first-order valence-electron chi connectivity index (χ1n) is 9.37. The molecule has 26 heavy (non-hydrogen) atoms. The van der Waals surface area contributed by atoms with Crippen molar-refractivity contribution in [3.63, 3.8) is 0 Å². The second kappa shape index (κ2) is 12.5. The first kappa shape index (κ1) is 23.2. The number of aryl methyl sites for hydroxylation is 2. The summed E-state index contributed by atoms with van der Waals surface area (Å²) in [5.74, 6) is 1.78. The number of hydrogen-bond donors (Lipinski definition) is 2. The van der Waals surface area contributed by atoms with Crippen molar-refractivity contribution in [1.82, 2.24) is 20.7 Å². The number of rotatable bonds is 9. The molecule has 1 aromatic rings. The number of hydrogen-bond acceptors (Lipinski definition) is 5. The molecule has 1 aliphatic heterocycles. The van der Waals surface area contributed by atoms with Gasteiger partial charge in [-0.25, -0.2) is 0 Å². The van der Waals surface area contributed by atoms with Crippen LogP contribution in [0.3, 0.4) is 0 Å². The van der Waals surface area contributed by atoms with Gasteiger partial charge in [-0.05, 0) is 25.8 Å². The van der Waals surface area contributed by atoms with Crippen molar-refractivity contribution in [3.05, 3.63) is 17.0 Å². The van der Waals surface area contributed by atoms with E-state index < -0.39 is 0 Å². The van der Waals surface area contributed by atoms with Crippen molar-refractivity contribution in [2.45, 2.75) is 52.1 Å². The molecule has 1 fully saturated rings. The lowest BCUT2D eigenvalue weighted by Crippen LogP contribution is -2.45. The number of nitrogens with one attached hydrogen (secondary N) is 2. The monoisotopic (exact) mass is 479 g/mol. The van der Waals surface area contributed by atoms with Crippen molar-refractivity contribution in [1.29, 1.82) is 0 Å². The number of aromatic nitrogens is 1. The van der Waals surface area contributed by atoms with Crippen molar-refractivity contribution < 1.29 is 9.26 Å². The van der Waals surface area contributed by atoms with Gasteiger partial charge in [0.25, 0.3) is 0 Å². The Morgan fingerprint density at radius 2 is 2.15 bits per heavy atom. The molecule has 1 aromatic heterocycles. The lowest BCUT2D eigenvalue weighted by molar-refractivity contribution is 0.141. The second-order valence-electron chi connectivity index (χ2n) is 6.37. The molecule has 2 heterocycles. The number of aliphatic imine (C=N–C) groups is 1. The number of guanidine groups is 1. The Morgan fingerprint density at radius 1 is 1.35 bits per heavy atom. The Labute approximate surface area is 174 Å². The molecule has 2 rings (SSSR count). The molecule has 0 amide bonds. The third-order valence-corrected chi connectivity index (χ3v) is 4.85. The van der Waals surface area contributed by atoms with Crippen LogP contribution < -0.4 is 10.6 Å². The van der Waals surface area contributed by atoms with Gasteiger partial charge in [-0.2, -0.15) is 0 Å². The second-order valence-corrected chi connectivity index (χ2v) is 6.37. The number of nitrogens with zero attached hydrogens (tertiary/aromatic N) is 3. The van der Waals surface area contributed by atoms with Crippen LogP contribution in [0.25, 0.3) is 0 Å². The zero-order chi connectivity index (χ0) is 18.1. The van der Waals surface area contributed by atoms with E-state index in [9.17, 15) is 0 Å². The summed E-state index contributed by atoms with van der Waals surface area (Å²) in [4.78, 5) is 6.84. The predicted octanol–water partition coefficient (Wildman–Crippen LogP) is 2.19. The minimum atomic E-state index is 0. The average molecular weight is 479 g/mol. The smallest absolute Gasteiger partial charge is 0.191 e. The standard InChI is InChI=1S/C18H33N5O2.HI/c1-5-16-15(17(6-2)25-22-16)13-21-18(19-3)20-12-14-8-7-9-23(14)10-11-24-4;/h14H,5-13H2,1-4H3,(H2,19,20,21);1H. The summed E-state index contributed by atoms with van der Waals surface area (Å²) >= 11 is 0. The highest BCUT2D eigenvalue weighted by molar-refractivity contribution is 14.0. The molecule has 1 saturated heterocycles. The predicted molar refractivity (Wildman–Crippen MR) is 115 cm³/mol. The normalized spacial score (nSPS) is 18.0. The molecule has 0 saturated carbocycles. The zero-order valence-electron chi connectivity index (χ0n) is 16.5. The van der Waals surface area contributed by atoms with Crippen LogP contribution in [0.5, 0.6) is 0 Å². The molecule has 1 atom stereocenters. The Morgan fingerprint density at radius 3 is 2.81 bits per heavy atom. The summed E-state index contributed by atoms with van der Waals surface area (Å²) in [7, 11) is 3.57. The Hall–Kier alpha value is -0.870. The fourth-order valence-electron chi connectivity index (χ4n) is 3.37. The van der Waals surface area contributed by atoms with E-state index >= 15 is 0 Å². The quantitative estimate of drug-likeness (QED) is 0.322. The van der Waals surface area contributed by atoms with E-state index in [4.69, 9.17) is 9.26 Å². The van der Waals surface area contributed by atoms with Gasteiger partial charge in [-0.1, -0.05) is 19.0 Å². The van der Waals surface area contributed by atoms with Gasteiger partial charge in [0, 0.05) is 51.8 Å². The van der Waals surface area contributed by atoms with Gasteiger partial charge in [-0.3, -0.25) is 9.89 Å². The van der Waals surface area contributed by atoms with Gasteiger partial charge >= 0.3 is 0 Å². The van der Waals surface area contributed by atoms with E-state index in [0.29, 0.717) is 12.6 Å². The minimum Gasteiger partial charge on any atom is -0.383 e. The molecule has 8 heteroatoms. The van der Waals surface area contributed by atoms with Gasteiger partial charge in [0.15, 0.2) is 5.96 Å². The van der Waals surface area contributed by atoms with Gasteiger partial charge in [0.2, 0.25) is 0 Å². The van der Waals surface area contributed by atoms with E-state index in [0.717, 1.165) is 62.1 Å². The summed E-state index contributed by atoms with van der Waals surface area (Å²) < 4.78 is 10.6. The molecule has 2 N–H and O–H groups in total. The van der Waals surface area contributed by atoms with Crippen molar-refractivity contribution in [3.8, 4) is 0 Å². The fraction of sp³-hybridized carbons (Fsp3) is 0.778. The summed E-state index contributed by atoms with van der Waals surface area (Å²) in [5.41, 5.74) is 2.19. The van der Waals surface area contributed by atoms with Gasteiger partial charge in [-0.15, -0.1) is 24.0 Å². The Bertz CT molecular complexity index is 528. The van der Waals surface area contributed by atoms with E-state index in [2.05, 4.69) is 39.5 Å². The molecule has 150 valence electrons. The number of halogens is 1. The largest absolute Gasteiger partial charge is 0.383 e. The molecule has 1 aliphatic rings. The van der Waals surface area contributed by atoms with Crippen LogP contribution in [0.1, 0.15) is 43.7 Å². The van der Waals surface area contributed by atoms with Crippen molar-refractivity contribution in [2.24, 2.45) is 4.99 Å². The van der Waals surface area contributed by atoms with Gasteiger partial charge < -0.3 is 19.9 Å². The summed E-state index contributed by atoms with van der Waals surface area (Å²) in [6, 6.07) is 0.543. The fourth-order valence-corrected chi connectivity index (χ4v) is 3.37. The maximum Gasteiger partial charge on any atom is 0.191 e. The molecule has 7 nitrogen and oxygen atoms in total. The maximum atomic E-state index is 5.43. The zero-order valence-corrected chi connectivity index (χ0v) is 18.8. The molecular weight excluding hydrogens is 445 g/mol. The molecule has 0 aliphatic carbocycles. The van der Waals surface area contributed by atoms with Crippen LogP contribution in [-0.2, 0) is 24.1 Å². The van der Waals surface area contributed by atoms with E-state index in [1.54, 1.807) is 7.11 Å². The lowest BCUT2D eigenvalue weighted by atomic mass is 10.1. The van der Waals surface area contributed by atoms with E-state index in [-0.39, 0.29) is 24.0 Å². The van der Waals surface area contributed by atoms with Crippen LogP contribution in [-0.4, -0.2) is 62.5 Å². The highest BCUT2D eigenvalue weighted by Gasteiger charge is 2.24. The van der Waals surface area contributed by atoms with Gasteiger partial charge in [0.05, 0.1) is 12.3 Å². The summed E-state index contributed by atoms with van der Waals surface area (Å²) in [6.45, 7) is 8.71. The number of methoxy groups -OCH3 is 1. The van der Waals surface area contributed by atoms with Crippen molar-refractivity contribution >= 4 is 29.9 Å². The van der Waals surface area contributed by atoms with Gasteiger partial charge in [0.1, 0.15) is 5.76 Å². The topological polar surface area (TPSA) is 74.9 Å². The molecule has 1 unspecified atom stereocenters. The van der Waals surface area contributed by atoms with Crippen LogP contribution in [0, 0.1) is 0 Å². The minimum absolute atomic E-state index is 0. The first-order chi connectivity index (χ1) is 12.2. The third kappa shape index (κ3) is 6.38. The average Bonchev–Trinajstić information content (AvgIpc) is 3.25. The first-order valence-corrected chi connectivity index (χ1v) is 9.37. The van der Waals surface area contributed by atoms with Crippen LogP contribution >= 0.6 is 24.0 Å². The van der Waals surface area contributed by atoms with Crippen LogP contribution in [0.4, 0.5) is 0 Å². The SMILES string of the molecule is CCc1noc(CC)c1CNC(=NC)NCC1CCCN1CCOC.I. The number of likely N-dealkylation sites (tertiary alicyclic amines) is 1. The van der Waals surface area contributed by atoms with Crippen molar-refractivity contribution in [2.75, 3.05) is 40.4 Å². The van der Waals surface area contributed by atoms with Crippen LogP contribution in [0.15, 0.2) is 9.52 Å².